The van der Waals surface area contributed by atoms with E-state index in [-0.39, 0.29) is 17.2 Å². The molecule has 2 amide bonds. The zero-order valence-electron chi connectivity index (χ0n) is 20.0. The molecular formula is C27H25ClN6O3. The number of benzene rings is 2. The number of carbonyl (C=O) groups excluding carboxylic acids is 2. The van der Waals surface area contributed by atoms with Crippen LogP contribution in [-0.2, 0) is 17.8 Å². The fraction of sp³-hybridized carbons (Fsp3) is 0.296. The van der Waals surface area contributed by atoms with Crippen LogP contribution in [0.4, 0.5) is 0 Å². The Balaban J connectivity index is 1.19. The van der Waals surface area contributed by atoms with Crippen molar-refractivity contribution < 1.29 is 14.1 Å². The van der Waals surface area contributed by atoms with Gasteiger partial charge in [0.05, 0.1) is 30.6 Å². The van der Waals surface area contributed by atoms with Crippen LogP contribution in [0.25, 0.3) is 0 Å². The number of aromatic nitrogens is 4. The van der Waals surface area contributed by atoms with Crippen LogP contribution in [-0.4, -0.2) is 68.2 Å². The van der Waals surface area contributed by atoms with Crippen molar-refractivity contribution in [2.45, 2.75) is 18.9 Å². The summed E-state index contributed by atoms with van der Waals surface area (Å²) in [5.41, 5.74) is 2.37. The molecule has 2 saturated heterocycles. The van der Waals surface area contributed by atoms with Gasteiger partial charge in [0.15, 0.2) is 5.82 Å². The SMILES string of the molecule is O=CN1CC2(C1)CN(C(=O)c1cnn(Cc3ccccc3)c1)CC2c1noc(Cc2ccc(Cl)cc2)n1. The molecule has 6 rings (SSSR count). The third-order valence-electron chi connectivity index (χ3n) is 7.25. The van der Waals surface area contributed by atoms with E-state index in [1.807, 2.05) is 59.5 Å². The first-order chi connectivity index (χ1) is 18.0. The Labute approximate surface area is 218 Å². The lowest BCUT2D eigenvalue weighted by atomic mass is 9.71. The summed E-state index contributed by atoms with van der Waals surface area (Å²) in [5.74, 6) is 0.862. The molecular weight excluding hydrogens is 492 g/mol. The molecule has 2 aromatic heterocycles. The molecule has 0 N–H and O–H groups in total. The van der Waals surface area contributed by atoms with Gasteiger partial charge in [-0.2, -0.15) is 10.1 Å². The van der Waals surface area contributed by atoms with Crippen LogP contribution in [0.5, 0.6) is 0 Å². The van der Waals surface area contributed by atoms with Crippen molar-refractivity contribution in [1.82, 2.24) is 29.7 Å². The average Bonchev–Trinajstić information content (AvgIpc) is 3.63. The molecule has 1 atom stereocenters. The molecule has 10 heteroatoms. The molecule has 4 heterocycles. The van der Waals surface area contributed by atoms with Gasteiger partial charge in [0.25, 0.3) is 5.91 Å². The van der Waals surface area contributed by atoms with Crippen molar-refractivity contribution in [3.63, 3.8) is 0 Å². The molecule has 1 spiro atoms. The number of hydrogen-bond donors (Lipinski definition) is 0. The summed E-state index contributed by atoms with van der Waals surface area (Å²) >= 11 is 5.99. The second-order valence-electron chi connectivity index (χ2n) is 9.87. The van der Waals surface area contributed by atoms with Gasteiger partial charge >= 0.3 is 0 Å². The lowest BCUT2D eigenvalue weighted by Crippen LogP contribution is -2.59. The standard InChI is InChI=1S/C27H25ClN6O3/c28-22-8-6-19(7-9-22)10-24-30-25(31-37-24)23-14-33(17-27(23)15-32(16-27)18-35)26(36)21-11-29-34(13-21)12-20-4-2-1-3-5-20/h1-9,11,13,18,23H,10,12,14-17H2. The minimum atomic E-state index is -0.294. The number of hydrogen-bond acceptors (Lipinski definition) is 6. The zero-order valence-corrected chi connectivity index (χ0v) is 20.8. The summed E-state index contributed by atoms with van der Waals surface area (Å²) in [6.45, 7) is 2.67. The van der Waals surface area contributed by atoms with Crippen LogP contribution < -0.4 is 0 Å². The zero-order chi connectivity index (χ0) is 25.4. The molecule has 0 aliphatic carbocycles. The van der Waals surface area contributed by atoms with Gasteiger partial charge in [-0.05, 0) is 23.3 Å². The Morgan fingerprint density at radius 2 is 1.86 bits per heavy atom. The smallest absolute Gasteiger partial charge is 0.257 e. The lowest BCUT2D eigenvalue weighted by Gasteiger charge is -2.48. The molecule has 9 nitrogen and oxygen atoms in total. The van der Waals surface area contributed by atoms with Gasteiger partial charge in [0.2, 0.25) is 12.3 Å². The Bertz CT molecular complexity index is 1410. The molecule has 1 unspecified atom stereocenters. The Hall–Kier alpha value is -3.98. The third kappa shape index (κ3) is 4.62. The van der Waals surface area contributed by atoms with Gasteiger partial charge in [0.1, 0.15) is 0 Å². The monoisotopic (exact) mass is 516 g/mol. The quantitative estimate of drug-likeness (QED) is 0.350. The van der Waals surface area contributed by atoms with Gasteiger partial charge in [-0.25, -0.2) is 0 Å². The van der Waals surface area contributed by atoms with Crippen molar-refractivity contribution in [1.29, 1.82) is 0 Å². The largest absolute Gasteiger partial charge is 0.344 e. The second kappa shape index (κ2) is 9.48. The number of halogens is 1. The Morgan fingerprint density at radius 1 is 1.08 bits per heavy atom. The van der Waals surface area contributed by atoms with E-state index in [1.54, 1.807) is 22.0 Å². The van der Waals surface area contributed by atoms with Crippen molar-refractivity contribution in [2.75, 3.05) is 26.2 Å². The second-order valence-corrected chi connectivity index (χ2v) is 10.3. The van der Waals surface area contributed by atoms with Gasteiger partial charge in [0, 0.05) is 42.8 Å². The van der Waals surface area contributed by atoms with Gasteiger partial charge in [-0.3, -0.25) is 14.3 Å². The highest BCUT2D eigenvalue weighted by Crippen LogP contribution is 2.48. The first-order valence-corrected chi connectivity index (χ1v) is 12.5. The Kier molecular flexibility index (Phi) is 6.00. The molecule has 4 aromatic rings. The van der Waals surface area contributed by atoms with E-state index in [4.69, 9.17) is 16.1 Å². The highest BCUT2D eigenvalue weighted by Gasteiger charge is 2.57. The number of likely N-dealkylation sites (tertiary alicyclic amines) is 2. The molecule has 2 aliphatic rings. The minimum absolute atomic E-state index is 0.0874. The van der Waals surface area contributed by atoms with Crippen LogP contribution in [0, 0.1) is 5.41 Å². The predicted molar refractivity (Wildman–Crippen MR) is 135 cm³/mol. The van der Waals surface area contributed by atoms with Crippen LogP contribution >= 0.6 is 11.6 Å². The van der Waals surface area contributed by atoms with Crippen molar-refractivity contribution in [2.24, 2.45) is 5.41 Å². The predicted octanol–water partition coefficient (Wildman–Crippen LogP) is 3.26. The highest BCUT2D eigenvalue weighted by molar-refractivity contribution is 6.30. The van der Waals surface area contributed by atoms with Crippen molar-refractivity contribution in [3.05, 3.63) is 100 Å². The maximum absolute atomic E-state index is 13.5. The first kappa shape index (κ1) is 23.4. The summed E-state index contributed by atoms with van der Waals surface area (Å²) in [6.07, 6.45) is 4.74. The van der Waals surface area contributed by atoms with Crippen molar-refractivity contribution >= 4 is 23.9 Å². The number of nitrogens with zero attached hydrogens (tertiary/aromatic N) is 6. The molecule has 2 aromatic carbocycles. The summed E-state index contributed by atoms with van der Waals surface area (Å²) in [7, 11) is 0. The fourth-order valence-corrected chi connectivity index (χ4v) is 5.53. The first-order valence-electron chi connectivity index (χ1n) is 12.1. The molecule has 0 radical (unpaired) electrons. The average molecular weight is 517 g/mol. The maximum atomic E-state index is 13.5. The molecule has 188 valence electrons. The molecule has 0 bridgehead atoms. The van der Waals surface area contributed by atoms with E-state index in [2.05, 4.69) is 15.2 Å². The topological polar surface area (TPSA) is 97.4 Å². The third-order valence-corrected chi connectivity index (χ3v) is 7.50. The molecule has 37 heavy (non-hydrogen) atoms. The van der Waals surface area contributed by atoms with E-state index in [9.17, 15) is 9.59 Å². The molecule has 0 saturated carbocycles. The van der Waals surface area contributed by atoms with E-state index >= 15 is 0 Å². The van der Waals surface area contributed by atoms with Gasteiger partial charge in [-0.15, -0.1) is 0 Å². The van der Waals surface area contributed by atoms with Crippen LogP contribution in [0.1, 0.15) is 39.1 Å². The van der Waals surface area contributed by atoms with Gasteiger partial charge < -0.3 is 14.3 Å². The minimum Gasteiger partial charge on any atom is -0.344 e. The number of rotatable bonds is 7. The highest BCUT2D eigenvalue weighted by atomic mass is 35.5. The summed E-state index contributed by atoms with van der Waals surface area (Å²) in [4.78, 5) is 33.0. The van der Waals surface area contributed by atoms with E-state index < -0.39 is 0 Å². The summed E-state index contributed by atoms with van der Waals surface area (Å²) < 4.78 is 7.34. The van der Waals surface area contributed by atoms with E-state index in [0.717, 1.165) is 17.5 Å². The van der Waals surface area contributed by atoms with Crippen LogP contribution in [0.3, 0.4) is 0 Å². The Morgan fingerprint density at radius 3 is 2.62 bits per heavy atom. The lowest BCUT2D eigenvalue weighted by molar-refractivity contribution is -0.129. The van der Waals surface area contributed by atoms with Crippen LogP contribution in [0.15, 0.2) is 71.5 Å². The molecule has 2 aliphatic heterocycles. The van der Waals surface area contributed by atoms with Crippen molar-refractivity contribution in [3.8, 4) is 0 Å². The van der Waals surface area contributed by atoms with Crippen LogP contribution in [0.2, 0.25) is 5.02 Å². The maximum Gasteiger partial charge on any atom is 0.257 e. The molecule has 2 fully saturated rings. The normalized spacial score (nSPS) is 18.2. The summed E-state index contributed by atoms with van der Waals surface area (Å²) in [6, 6.07) is 17.5. The number of amides is 2. The van der Waals surface area contributed by atoms with E-state index in [1.165, 1.54) is 0 Å². The summed E-state index contributed by atoms with van der Waals surface area (Å²) in [5, 5.41) is 9.35. The fourth-order valence-electron chi connectivity index (χ4n) is 5.41. The number of carbonyl (C=O) groups is 2. The van der Waals surface area contributed by atoms with Gasteiger partial charge in [-0.1, -0.05) is 59.2 Å². The van der Waals surface area contributed by atoms with E-state index in [0.29, 0.717) is 61.4 Å².